The predicted molar refractivity (Wildman–Crippen MR) is 64.1 cm³/mol. The normalized spacial score (nSPS) is 13.4. The zero-order valence-electron chi connectivity index (χ0n) is 10.4. The Labute approximate surface area is 104 Å². The summed E-state index contributed by atoms with van der Waals surface area (Å²) in [7, 11) is 0. The highest BCUT2D eigenvalue weighted by atomic mass is 19.4. The summed E-state index contributed by atoms with van der Waals surface area (Å²) in [5.74, 6) is -0.317. The van der Waals surface area contributed by atoms with E-state index in [4.69, 9.17) is 0 Å². The number of hydrogen-bond donors (Lipinski definition) is 1. The largest absolute Gasteiger partial charge is 0.389 e. The number of alkyl halides is 3. The van der Waals surface area contributed by atoms with Gasteiger partial charge in [0.2, 0.25) is 0 Å². The van der Waals surface area contributed by atoms with Crippen LogP contribution in [0.1, 0.15) is 31.7 Å². The minimum atomic E-state index is -4.10. The van der Waals surface area contributed by atoms with Crippen LogP contribution in [0.15, 0.2) is 18.2 Å². The van der Waals surface area contributed by atoms with Crippen LogP contribution >= 0.6 is 0 Å². The number of anilines is 1. The van der Waals surface area contributed by atoms with Crippen LogP contribution in [0.25, 0.3) is 0 Å². The van der Waals surface area contributed by atoms with Crippen LogP contribution < -0.4 is 5.32 Å². The molecule has 18 heavy (non-hydrogen) atoms. The first-order valence-electron chi connectivity index (χ1n) is 5.87. The Hall–Kier alpha value is -1.26. The molecule has 5 heteroatoms. The molecule has 1 N–H and O–H groups in total. The number of benzene rings is 1. The van der Waals surface area contributed by atoms with Crippen molar-refractivity contribution in [3.63, 3.8) is 0 Å². The Kier molecular flexibility index (Phi) is 4.99. The zero-order chi connectivity index (χ0) is 13.8. The molecule has 0 aliphatic carbocycles. The third-order valence-corrected chi connectivity index (χ3v) is 2.68. The second kappa shape index (κ2) is 6.07. The fraction of sp³-hybridized carbons (Fsp3) is 0.538. The Balaban J connectivity index is 2.40. The molecule has 0 radical (unpaired) electrons. The smallest absolute Gasteiger partial charge is 0.383 e. The average molecular weight is 263 g/mol. The SMILES string of the molecule is Cc1ccc(NC(C)CCCC(F)(F)F)cc1F. The molecule has 0 aliphatic rings. The molecule has 1 aromatic rings. The van der Waals surface area contributed by atoms with Crippen LogP contribution in [-0.2, 0) is 0 Å². The molecule has 0 aliphatic heterocycles. The lowest BCUT2D eigenvalue weighted by atomic mass is 10.1. The van der Waals surface area contributed by atoms with Crippen molar-refractivity contribution in [3.05, 3.63) is 29.6 Å². The van der Waals surface area contributed by atoms with E-state index in [9.17, 15) is 17.6 Å². The molecule has 1 rings (SSSR count). The summed E-state index contributed by atoms with van der Waals surface area (Å²) in [4.78, 5) is 0. The number of hydrogen-bond acceptors (Lipinski definition) is 1. The van der Waals surface area contributed by atoms with Crippen molar-refractivity contribution in [3.8, 4) is 0 Å². The molecule has 0 saturated carbocycles. The molecule has 0 fully saturated rings. The molecule has 1 unspecified atom stereocenters. The topological polar surface area (TPSA) is 12.0 Å². The van der Waals surface area contributed by atoms with Gasteiger partial charge in [-0.1, -0.05) is 6.07 Å². The summed E-state index contributed by atoms with van der Waals surface area (Å²) >= 11 is 0. The van der Waals surface area contributed by atoms with E-state index in [0.717, 1.165) is 0 Å². The van der Waals surface area contributed by atoms with E-state index < -0.39 is 12.6 Å². The molecule has 0 bridgehead atoms. The van der Waals surface area contributed by atoms with Gasteiger partial charge in [-0.05, 0) is 44.4 Å². The molecule has 0 aromatic heterocycles. The maximum absolute atomic E-state index is 13.2. The van der Waals surface area contributed by atoms with Gasteiger partial charge in [-0.2, -0.15) is 13.2 Å². The van der Waals surface area contributed by atoms with Gasteiger partial charge in [0, 0.05) is 18.2 Å². The van der Waals surface area contributed by atoms with Crippen LogP contribution in [0.3, 0.4) is 0 Å². The first-order valence-corrected chi connectivity index (χ1v) is 5.87. The van der Waals surface area contributed by atoms with Gasteiger partial charge in [-0.25, -0.2) is 4.39 Å². The van der Waals surface area contributed by atoms with Gasteiger partial charge in [0.15, 0.2) is 0 Å². The van der Waals surface area contributed by atoms with Crippen LogP contribution in [0, 0.1) is 12.7 Å². The van der Waals surface area contributed by atoms with E-state index in [1.807, 2.05) is 0 Å². The zero-order valence-corrected chi connectivity index (χ0v) is 10.4. The van der Waals surface area contributed by atoms with Gasteiger partial charge >= 0.3 is 6.18 Å². The number of halogens is 4. The Morgan fingerprint density at radius 3 is 2.50 bits per heavy atom. The standard InChI is InChI=1S/C13H17F4N/c1-9-5-6-11(8-12(9)14)18-10(2)4-3-7-13(15,16)17/h5-6,8,10,18H,3-4,7H2,1-2H3. The summed E-state index contributed by atoms with van der Waals surface area (Å²) in [5.41, 5.74) is 1.14. The van der Waals surface area contributed by atoms with Crippen molar-refractivity contribution in [1.29, 1.82) is 0 Å². The molecule has 1 nitrogen and oxygen atoms in total. The van der Waals surface area contributed by atoms with Gasteiger partial charge in [0.05, 0.1) is 0 Å². The predicted octanol–water partition coefficient (Wildman–Crippen LogP) is 4.67. The maximum Gasteiger partial charge on any atom is 0.389 e. The molecule has 0 amide bonds. The van der Waals surface area contributed by atoms with Gasteiger partial charge < -0.3 is 5.32 Å². The lowest BCUT2D eigenvalue weighted by molar-refractivity contribution is -0.135. The van der Waals surface area contributed by atoms with E-state index in [2.05, 4.69) is 5.32 Å². The monoisotopic (exact) mass is 263 g/mol. The minimum absolute atomic E-state index is 0.0754. The van der Waals surface area contributed by atoms with Crippen LogP contribution in [0.4, 0.5) is 23.2 Å². The van der Waals surface area contributed by atoms with Crippen molar-refractivity contribution >= 4 is 5.69 Å². The first-order chi connectivity index (χ1) is 8.28. The van der Waals surface area contributed by atoms with Gasteiger partial charge in [0.25, 0.3) is 0 Å². The van der Waals surface area contributed by atoms with Crippen molar-refractivity contribution < 1.29 is 17.6 Å². The molecule has 0 saturated heterocycles. The summed E-state index contributed by atoms with van der Waals surface area (Å²) in [6.07, 6.45) is -4.40. The third-order valence-electron chi connectivity index (χ3n) is 2.68. The number of rotatable bonds is 5. The highest BCUT2D eigenvalue weighted by molar-refractivity contribution is 5.45. The Bertz CT molecular complexity index is 387. The summed E-state index contributed by atoms with van der Waals surface area (Å²) in [6, 6.07) is 4.60. The van der Waals surface area contributed by atoms with E-state index in [-0.39, 0.29) is 18.3 Å². The van der Waals surface area contributed by atoms with E-state index in [1.165, 1.54) is 6.07 Å². The van der Waals surface area contributed by atoms with Crippen molar-refractivity contribution in [2.24, 2.45) is 0 Å². The first kappa shape index (κ1) is 14.8. The van der Waals surface area contributed by atoms with Crippen LogP contribution in [-0.4, -0.2) is 12.2 Å². The van der Waals surface area contributed by atoms with Crippen molar-refractivity contribution in [1.82, 2.24) is 0 Å². The number of nitrogens with one attached hydrogen (secondary N) is 1. The van der Waals surface area contributed by atoms with E-state index >= 15 is 0 Å². The van der Waals surface area contributed by atoms with Gasteiger partial charge in [0.1, 0.15) is 5.82 Å². The van der Waals surface area contributed by atoms with E-state index in [0.29, 0.717) is 17.7 Å². The molecule has 102 valence electrons. The summed E-state index contributed by atoms with van der Waals surface area (Å²) in [5, 5.41) is 2.99. The van der Waals surface area contributed by atoms with Gasteiger partial charge in [-0.15, -0.1) is 0 Å². The fourth-order valence-corrected chi connectivity index (χ4v) is 1.65. The second-order valence-corrected chi connectivity index (χ2v) is 4.52. The third kappa shape index (κ3) is 5.38. The molecular weight excluding hydrogens is 246 g/mol. The molecule has 0 heterocycles. The summed E-state index contributed by atoms with van der Waals surface area (Å²) < 4.78 is 49.1. The number of aryl methyl sites for hydroxylation is 1. The quantitative estimate of drug-likeness (QED) is 0.761. The highest BCUT2D eigenvalue weighted by Crippen LogP contribution is 2.23. The fourth-order valence-electron chi connectivity index (χ4n) is 1.65. The second-order valence-electron chi connectivity index (χ2n) is 4.52. The van der Waals surface area contributed by atoms with Crippen LogP contribution in [0.2, 0.25) is 0 Å². The van der Waals surface area contributed by atoms with E-state index in [1.54, 1.807) is 26.0 Å². The molecular formula is C13H17F4N. The Morgan fingerprint density at radius 1 is 1.28 bits per heavy atom. The van der Waals surface area contributed by atoms with Crippen molar-refractivity contribution in [2.45, 2.75) is 45.3 Å². The van der Waals surface area contributed by atoms with Crippen molar-refractivity contribution in [2.75, 3.05) is 5.32 Å². The lowest BCUT2D eigenvalue weighted by Gasteiger charge is -2.16. The maximum atomic E-state index is 13.2. The minimum Gasteiger partial charge on any atom is -0.383 e. The summed E-state index contributed by atoms with van der Waals surface area (Å²) in [6.45, 7) is 3.44. The highest BCUT2D eigenvalue weighted by Gasteiger charge is 2.26. The van der Waals surface area contributed by atoms with Crippen LogP contribution in [0.5, 0.6) is 0 Å². The molecule has 1 atom stereocenters. The van der Waals surface area contributed by atoms with Gasteiger partial charge in [-0.3, -0.25) is 0 Å². The average Bonchev–Trinajstić information content (AvgIpc) is 2.21. The lowest BCUT2D eigenvalue weighted by Crippen LogP contribution is -2.16. The molecule has 1 aromatic carbocycles. The molecule has 0 spiro atoms. The Morgan fingerprint density at radius 2 is 1.94 bits per heavy atom.